The Morgan fingerprint density at radius 3 is 2.85 bits per heavy atom. The van der Waals surface area contributed by atoms with Crippen LogP contribution >= 0.6 is 22.6 Å². The molecule has 4 heteroatoms. The summed E-state index contributed by atoms with van der Waals surface area (Å²) in [5.41, 5.74) is 12.6. The summed E-state index contributed by atoms with van der Waals surface area (Å²) in [7, 11) is 0. The van der Waals surface area contributed by atoms with Crippen LogP contribution in [0.3, 0.4) is 0 Å². The van der Waals surface area contributed by atoms with Crippen LogP contribution in [-0.4, -0.2) is 3.92 Å². The molecule has 3 nitrogen and oxygen atoms in total. The maximum Gasteiger partial charge on any atom is 0.0753 e. The minimum absolute atomic E-state index is 0.679. The predicted molar refractivity (Wildman–Crippen MR) is 64.0 cm³/mol. The summed E-state index contributed by atoms with van der Waals surface area (Å²) in [6.07, 6.45) is 1.12. The number of alkyl halides is 1. The Labute approximate surface area is 91.4 Å². The van der Waals surface area contributed by atoms with E-state index in [0.29, 0.717) is 3.92 Å². The van der Waals surface area contributed by atoms with E-state index in [1.165, 1.54) is 5.56 Å². The van der Waals surface area contributed by atoms with E-state index in [4.69, 9.17) is 0 Å². The van der Waals surface area contributed by atoms with Gasteiger partial charge in [0.2, 0.25) is 0 Å². The molecule has 70 valence electrons. The number of fused-ring (bicyclic) bond motifs is 1. The average molecular weight is 289 g/mol. The van der Waals surface area contributed by atoms with E-state index in [1.807, 2.05) is 0 Å². The minimum Gasteiger partial charge on any atom is -0.302 e. The van der Waals surface area contributed by atoms with Crippen LogP contribution in [0.4, 0.5) is 11.4 Å². The molecule has 2 rings (SSSR count). The third-order valence-electron chi connectivity index (χ3n) is 2.00. The minimum atomic E-state index is 0.679. The number of rotatable bonds is 2. The van der Waals surface area contributed by atoms with Crippen molar-refractivity contribution in [1.82, 2.24) is 5.53 Å². The quantitative estimate of drug-likeness (QED) is 0.577. The van der Waals surface area contributed by atoms with Crippen molar-refractivity contribution in [2.45, 2.75) is 17.3 Å². The van der Waals surface area contributed by atoms with Gasteiger partial charge in [0.05, 0.1) is 11.4 Å². The molecule has 0 saturated carbocycles. The molecule has 0 bridgehead atoms. The monoisotopic (exact) mass is 289 g/mol. The van der Waals surface area contributed by atoms with Gasteiger partial charge in [0, 0.05) is 3.92 Å². The molecule has 1 aliphatic heterocycles. The molecule has 1 aromatic carbocycles. The molecule has 1 aliphatic rings. The van der Waals surface area contributed by atoms with Gasteiger partial charge in [-0.05, 0) is 24.1 Å². The highest BCUT2D eigenvalue weighted by Gasteiger charge is 2.09. The number of benzene rings is 1. The second-order valence-electron chi connectivity index (χ2n) is 3.24. The zero-order valence-electron chi connectivity index (χ0n) is 7.39. The van der Waals surface area contributed by atoms with Crippen molar-refractivity contribution < 1.29 is 0 Å². The molecule has 0 amide bonds. The SMILES string of the molecule is CC(I)Cc1ccc2c(c1)NNN2. The van der Waals surface area contributed by atoms with Crippen molar-refractivity contribution in [3.8, 4) is 0 Å². The molecule has 0 aromatic heterocycles. The molecule has 3 N–H and O–H groups in total. The second kappa shape index (κ2) is 3.71. The highest BCUT2D eigenvalue weighted by molar-refractivity contribution is 14.1. The normalized spacial score (nSPS) is 15.8. The number of halogens is 1. The van der Waals surface area contributed by atoms with E-state index < -0.39 is 0 Å². The molecule has 1 aromatic rings. The van der Waals surface area contributed by atoms with Crippen molar-refractivity contribution in [2.24, 2.45) is 0 Å². The van der Waals surface area contributed by atoms with E-state index in [2.05, 4.69) is 64.1 Å². The Morgan fingerprint density at radius 2 is 2.08 bits per heavy atom. The molecule has 0 fully saturated rings. The lowest BCUT2D eigenvalue weighted by atomic mass is 10.1. The lowest BCUT2D eigenvalue weighted by Crippen LogP contribution is -2.19. The van der Waals surface area contributed by atoms with Gasteiger partial charge in [0.15, 0.2) is 0 Å². The molecular formula is C9H12IN3. The van der Waals surface area contributed by atoms with Crippen LogP contribution < -0.4 is 16.4 Å². The van der Waals surface area contributed by atoms with Crippen molar-refractivity contribution in [3.63, 3.8) is 0 Å². The van der Waals surface area contributed by atoms with Gasteiger partial charge in [-0.1, -0.05) is 35.6 Å². The zero-order chi connectivity index (χ0) is 9.26. The summed E-state index contributed by atoms with van der Waals surface area (Å²) >= 11 is 2.44. The van der Waals surface area contributed by atoms with Crippen LogP contribution in [0.2, 0.25) is 0 Å². The molecule has 1 heterocycles. The van der Waals surface area contributed by atoms with E-state index >= 15 is 0 Å². The van der Waals surface area contributed by atoms with Crippen molar-refractivity contribution in [1.29, 1.82) is 0 Å². The topological polar surface area (TPSA) is 36.1 Å². The first-order valence-electron chi connectivity index (χ1n) is 4.30. The van der Waals surface area contributed by atoms with Gasteiger partial charge in [-0.15, -0.1) is 5.53 Å². The van der Waals surface area contributed by atoms with Crippen molar-refractivity contribution >= 4 is 34.0 Å². The molecule has 0 aliphatic carbocycles. The Morgan fingerprint density at radius 1 is 1.31 bits per heavy atom. The van der Waals surface area contributed by atoms with Crippen molar-refractivity contribution in [2.75, 3.05) is 10.9 Å². The van der Waals surface area contributed by atoms with Gasteiger partial charge in [0.1, 0.15) is 0 Å². The smallest absolute Gasteiger partial charge is 0.0753 e. The van der Waals surface area contributed by atoms with Crippen LogP contribution in [0.15, 0.2) is 18.2 Å². The first-order chi connectivity index (χ1) is 6.25. The zero-order valence-corrected chi connectivity index (χ0v) is 9.55. The van der Waals surface area contributed by atoms with Crippen LogP contribution in [0.1, 0.15) is 12.5 Å². The van der Waals surface area contributed by atoms with Crippen LogP contribution in [0, 0.1) is 0 Å². The molecule has 13 heavy (non-hydrogen) atoms. The first kappa shape index (κ1) is 9.08. The van der Waals surface area contributed by atoms with Gasteiger partial charge < -0.3 is 10.9 Å². The standard InChI is InChI=1S/C9H12IN3/c1-6(10)4-7-2-3-8-9(5-7)12-13-11-8/h2-3,5-6,11-13H,4H2,1H3. The third-order valence-corrected chi connectivity index (χ3v) is 2.44. The molecule has 1 unspecified atom stereocenters. The average Bonchev–Trinajstić information content (AvgIpc) is 2.49. The number of hydrogen-bond acceptors (Lipinski definition) is 3. The molecule has 0 spiro atoms. The number of anilines is 2. The Kier molecular flexibility index (Phi) is 2.59. The van der Waals surface area contributed by atoms with Crippen molar-refractivity contribution in [3.05, 3.63) is 23.8 Å². The summed E-state index contributed by atoms with van der Waals surface area (Å²) < 4.78 is 0.679. The summed E-state index contributed by atoms with van der Waals surface area (Å²) in [4.78, 5) is 0. The van der Waals surface area contributed by atoms with Gasteiger partial charge in [-0.3, -0.25) is 0 Å². The first-order valence-corrected chi connectivity index (χ1v) is 5.54. The van der Waals surface area contributed by atoms with E-state index in [0.717, 1.165) is 17.8 Å². The third kappa shape index (κ3) is 2.05. The number of nitrogens with one attached hydrogen (secondary N) is 3. The number of hydrogen-bond donors (Lipinski definition) is 3. The summed E-state index contributed by atoms with van der Waals surface area (Å²) in [6.45, 7) is 2.22. The van der Waals surface area contributed by atoms with Gasteiger partial charge in [0.25, 0.3) is 0 Å². The Balaban J connectivity index is 2.21. The van der Waals surface area contributed by atoms with E-state index in [1.54, 1.807) is 0 Å². The van der Waals surface area contributed by atoms with Crippen LogP contribution in [0.5, 0.6) is 0 Å². The fourth-order valence-electron chi connectivity index (χ4n) is 1.42. The molecule has 0 radical (unpaired) electrons. The van der Waals surface area contributed by atoms with Crippen LogP contribution in [-0.2, 0) is 6.42 Å². The summed E-state index contributed by atoms with van der Waals surface area (Å²) in [5, 5.41) is 0. The Hall–Kier alpha value is -0.490. The summed E-state index contributed by atoms with van der Waals surface area (Å²) in [5.74, 6) is 0. The maximum atomic E-state index is 3.05. The molecule has 1 atom stereocenters. The lowest BCUT2D eigenvalue weighted by molar-refractivity contribution is 0.976. The second-order valence-corrected chi connectivity index (χ2v) is 5.37. The largest absolute Gasteiger partial charge is 0.302 e. The number of hydrazine groups is 2. The maximum absolute atomic E-state index is 3.05. The van der Waals surface area contributed by atoms with Gasteiger partial charge >= 0.3 is 0 Å². The summed E-state index contributed by atoms with van der Waals surface area (Å²) in [6, 6.07) is 6.43. The fraction of sp³-hybridized carbons (Fsp3) is 0.333. The van der Waals surface area contributed by atoms with E-state index in [9.17, 15) is 0 Å². The molecular weight excluding hydrogens is 277 g/mol. The Bertz CT molecular complexity index is 312. The fourth-order valence-corrected chi connectivity index (χ4v) is 1.93. The highest BCUT2D eigenvalue weighted by Crippen LogP contribution is 2.26. The van der Waals surface area contributed by atoms with Crippen LogP contribution in [0.25, 0.3) is 0 Å². The lowest BCUT2D eigenvalue weighted by Gasteiger charge is -2.05. The molecule has 0 saturated heterocycles. The van der Waals surface area contributed by atoms with Gasteiger partial charge in [-0.2, -0.15) is 0 Å². The predicted octanol–water partition coefficient (Wildman–Crippen LogP) is 2.31. The highest BCUT2D eigenvalue weighted by atomic mass is 127. The van der Waals surface area contributed by atoms with Gasteiger partial charge in [-0.25, -0.2) is 0 Å². The van der Waals surface area contributed by atoms with E-state index in [-0.39, 0.29) is 0 Å².